The molecule has 1 fully saturated rings. The summed E-state index contributed by atoms with van der Waals surface area (Å²) in [5.41, 5.74) is 0.227. The lowest BCUT2D eigenvalue weighted by Crippen LogP contribution is -2.42. The summed E-state index contributed by atoms with van der Waals surface area (Å²) in [6, 6.07) is 0.385. The third-order valence-corrected chi connectivity index (χ3v) is 4.13. The molecule has 0 aliphatic carbocycles. The Labute approximate surface area is 129 Å². The van der Waals surface area contributed by atoms with Crippen LogP contribution in [0.1, 0.15) is 59.3 Å². The number of rotatable bonds is 5. The summed E-state index contributed by atoms with van der Waals surface area (Å²) >= 11 is 0. The first-order valence-corrected chi connectivity index (χ1v) is 8.21. The van der Waals surface area contributed by atoms with E-state index in [1.54, 1.807) is 6.33 Å². The normalized spacial score (nSPS) is 18.6. The zero-order chi connectivity index (χ0) is 15.5. The van der Waals surface area contributed by atoms with Gasteiger partial charge < -0.3 is 5.32 Å². The van der Waals surface area contributed by atoms with Crippen LogP contribution in [0.3, 0.4) is 0 Å². The topological polar surface area (TPSA) is 46.0 Å². The Hall–Kier alpha value is -0.940. The second-order valence-corrected chi connectivity index (χ2v) is 7.57. The smallest absolute Gasteiger partial charge is 0.141 e. The fraction of sp³-hybridized carbons (Fsp3) is 0.875. The van der Waals surface area contributed by atoms with Crippen LogP contribution in [0.25, 0.3) is 0 Å². The van der Waals surface area contributed by atoms with Crippen LogP contribution in [0.15, 0.2) is 6.33 Å². The van der Waals surface area contributed by atoms with Gasteiger partial charge >= 0.3 is 0 Å². The van der Waals surface area contributed by atoms with Gasteiger partial charge in [-0.05, 0) is 73.0 Å². The number of aromatic nitrogens is 3. The fourth-order valence-corrected chi connectivity index (χ4v) is 2.82. The standard InChI is InChI=1S/C16H31N5/c1-13(2)21-15(17-12-19-21)11-20-8-6-14(7-9-20)10-18-16(3,4)5/h12-14,18H,6-11H2,1-5H3. The van der Waals surface area contributed by atoms with Gasteiger partial charge in [0.25, 0.3) is 0 Å². The highest BCUT2D eigenvalue weighted by atomic mass is 15.4. The van der Waals surface area contributed by atoms with Crippen LogP contribution in [0.2, 0.25) is 0 Å². The van der Waals surface area contributed by atoms with Crippen LogP contribution in [0.5, 0.6) is 0 Å². The van der Waals surface area contributed by atoms with Crippen LogP contribution >= 0.6 is 0 Å². The van der Waals surface area contributed by atoms with E-state index in [4.69, 9.17) is 0 Å². The maximum atomic E-state index is 4.42. The largest absolute Gasteiger partial charge is 0.312 e. The van der Waals surface area contributed by atoms with Crippen LogP contribution < -0.4 is 5.32 Å². The van der Waals surface area contributed by atoms with Crippen LogP contribution in [0, 0.1) is 5.92 Å². The Bertz CT molecular complexity index is 424. The van der Waals surface area contributed by atoms with Crippen molar-refractivity contribution < 1.29 is 0 Å². The highest BCUT2D eigenvalue weighted by Crippen LogP contribution is 2.19. The van der Waals surface area contributed by atoms with E-state index in [9.17, 15) is 0 Å². The molecule has 1 saturated heterocycles. The Balaban J connectivity index is 1.78. The summed E-state index contributed by atoms with van der Waals surface area (Å²) in [6.45, 7) is 15.4. The van der Waals surface area contributed by atoms with Crippen molar-refractivity contribution in [3.05, 3.63) is 12.2 Å². The third kappa shape index (κ3) is 5.08. The second kappa shape index (κ2) is 6.88. The average molecular weight is 293 g/mol. The van der Waals surface area contributed by atoms with Gasteiger partial charge in [0.2, 0.25) is 0 Å². The number of nitrogens with zero attached hydrogens (tertiary/aromatic N) is 4. The first-order valence-electron chi connectivity index (χ1n) is 8.21. The molecule has 0 atom stereocenters. The molecular weight excluding hydrogens is 262 g/mol. The summed E-state index contributed by atoms with van der Waals surface area (Å²) < 4.78 is 2.03. The molecule has 1 aromatic rings. The first-order chi connectivity index (χ1) is 9.85. The summed E-state index contributed by atoms with van der Waals surface area (Å²) in [7, 11) is 0. The molecule has 1 aromatic heterocycles. The molecule has 5 nitrogen and oxygen atoms in total. The summed E-state index contributed by atoms with van der Waals surface area (Å²) in [6.07, 6.45) is 4.23. The molecule has 0 spiro atoms. The Morgan fingerprint density at radius 2 is 1.95 bits per heavy atom. The Kier molecular flexibility index (Phi) is 5.38. The van der Waals surface area contributed by atoms with E-state index < -0.39 is 0 Å². The molecule has 2 heterocycles. The van der Waals surface area contributed by atoms with E-state index in [-0.39, 0.29) is 5.54 Å². The van der Waals surface area contributed by atoms with Gasteiger partial charge in [0, 0.05) is 11.6 Å². The molecule has 1 aliphatic heterocycles. The van der Waals surface area contributed by atoms with Gasteiger partial charge in [-0.15, -0.1) is 0 Å². The van der Waals surface area contributed by atoms with E-state index in [2.05, 4.69) is 54.9 Å². The summed E-state index contributed by atoms with van der Waals surface area (Å²) in [5, 5.41) is 7.95. The minimum Gasteiger partial charge on any atom is -0.312 e. The molecule has 1 aliphatic rings. The number of hydrogen-bond acceptors (Lipinski definition) is 4. The van der Waals surface area contributed by atoms with E-state index in [1.807, 2.05) is 4.68 Å². The van der Waals surface area contributed by atoms with Crippen molar-refractivity contribution in [2.45, 2.75) is 65.6 Å². The van der Waals surface area contributed by atoms with Gasteiger partial charge in [-0.25, -0.2) is 9.67 Å². The van der Waals surface area contributed by atoms with E-state index >= 15 is 0 Å². The maximum absolute atomic E-state index is 4.42. The highest BCUT2D eigenvalue weighted by molar-refractivity contribution is 4.88. The zero-order valence-electron chi connectivity index (χ0n) is 14.3. The van der Waals surface area contributed by atoms with Crippen molar-refractivity contribution >= 4 is 0 Å². The van der Waals surface area contributed by atoms with Crippen molar-refractivity contribution in [3.63, 3.8) is 0 Å². The lowest BCUT2D eigenvalue weighted by Gasteiger charge is -2.33. The van der Waals surface area contributed by atoms with Crippen molar-refractivity contribution in [2.24, 2.45) is 5.92 Å². The molecule has 5 heteroatoms. The predicted octanol–water partition coefficient (Wildman–Crippen LogP) is 2.46. The number of piperidine rings is 1. The minimum absolute atomic E-state index is 0.227. The van der Waals surface area contributed by atoms with Gasteiger partial charge in [0.1, 0.15) is 12.2 Å². The highest BCUT2D eigenvalue weighted by Gasteiger charge is 2.22. The van der Waals surface area contributed by atoms with Crippen molar-refractivity contribution in [1.82, 2.24) is 25.0 Å². The fourth-order valence-electron chi connectivity index (χ4n) is 2.82. The van der Waals surface area contributed by atoms with Crippen molar-refractivity contribution in [2.75, 3.05) is 19.6 Å². The molecular formula is C16H31N5. The van der Waals surface area contributed by atoms with Crippen LogP contribution in [0.4, 0.5) is 0 Å². The van der Waals surface area contributed by atoms with Crippen molar-refractivity contribution in [3.8, 4) is 0 Å². The lowest BCUT2D eigenvalue weighted by molar-refractivity contribution is 0.164. The van der Waals surface area contributed by atoms with Gasteiger partial charge in [0.15, 0.2) is 0 Å². The monoisotopic (exact) mass is 293 g/mol. The molecule has 0 radical (unpaired) electrons. The SMILES string of the molecule is CC(C)n1ncnc1CN1CCC(CNC(C)(C)C)CC1. The molecule has 0 saturated carbocycles. The van der Waals surface area contributed by atoms with Gasteiger partial charge in [0.05, 0.1) is 6.54 Å². The molecule has 0 amide bonds. The Morgan fingerprint density at radius 1 is 1.29 bits per heavy atom. The molecule has 1 N–H and O–H groups in total. The molecule has 2 rings (SSSR count). The molecule has 0 bridgehead atoms. The number of likely N-dealkylation sites (tertiary alicyclic amines) is 1. The van der Waals surface area contributed by atoms with Crippen LogP contribution in [-0.4, -0.2) is 44.8 Å². The zero-order valence-corrected chi connectivity index (χ0v) is 14.3. The molecule has 0 unspecified atom stereocenters. The van der Waals surface area contributed by atoms with E-state index in [0.29, 0.717) is 6.04 Å². The molecule has 120 valence electrons. The number of hydrogen-bond donors (Lipinski definition) is 1. The van der Waals surface area contributed by atoms with Crippen LogP contribution in [-0.2, 0) is 6.54 Å². The summed E-state index contributed by atoms with van der Waals surface area (Å²) in [4.78, 5) is 6.93. The quantitative estimate of drug-likeness (QED) is 0.906. The van der Waals surface area contributed by atoms with E-state index in [0.717, 1.165) is 24.8 Å². The third-order valence-electron chi connectivity index (χ3n) is 4.13. The average Bonchev–Trinajstić information content (AvgIpc) is 2.85. The summed E-state index contributed by atoms with van der Waals surface area (Å²) in [5.74, 6) is 1.90. The van der Waals surface area contributed by atoms with E-state index in [1.165, 1.54) is 25.9 Å². The predicted molar refractivity (Wildman–Crippen MR) is 86.2 cm³/mol. The second-order valence-electron chi connectivity index (χ2n) is 7.57. The van der Waals surface area contributed by atoms with Gasteiger partial charge in [-0.2, -0.15) is 5.10 Å². The molecule has 21 heavy (non-hydrogen) atoms. The molecule has 0 aromatic carbocycles. The Morgan fingerprint density at radius 3 is 2.52 bits per heavy atom. The number of nitrogens with one attached hydrogen (secondary N) is 1. The minimum atomic E-state index is 0.227. The lowest BCUT2D eigenvalue weighted by atomic mass is 9.95. The first kappa shape index (κ1) is 16.4. The van der Waals surface area contributed by atoms with Gasteiger partial charge in [-0.3, -0.25) is 4.90 Å². The maximum Gasteiger partial charge on any atom is 0.141 e. The van der Waals surface area contributed by atoms with Crippen molar-refractivity contribution in [1.29, 1.82) is 0 Å². The van der Waals surface area contributed by atoms with Gasteiger partial charge in [-0.1, -0.05) is 0 Å².